The molecule has 7 heteroatoms. The Balaban J connectivity index is 1.47. The van der Waals surface area contributed by atoms with Gasteiger partial charge in [-0.3, -0.25) is 5.41 Å². The monoisotopic (exact) mass is 424 g/mol. The molecule has 0 bridgehead atoms. The number of allylic oxidation sites excluding steroid dienone is 1. The van der Waals surface area contributed by atoms with Gasteiger partial charge in [0.1, 0.15) is 11.4 Å². The lowest BCUT2D eigenvalue weighted by Crippen LogP contribution is -2.15. The molecule has 0 fully saturated rings. The van der Waals surface area contributed by atoms with Gasteiger partial charge in [-0.05, 0) is 34.9 Å². The number of fused-ring (bicyclic) bond motifs is 2. The Bertz CT molecular complexity index is 1330. The molecule has 0 saturated carbocycles. The fourth-order valence-corrected chi connectivity index (χ4v) is 4.11. The summed E-state index contributed by atoms with van der Waals surface area (Å²) < 4.78 is 0. The van der Waals surface area contributed by atoms with Gasteiger partial charge in [0.05, 0.1) is 11.0 Å². The number of hydrogen-bond donors (Lipinski definition) is 6. The van der Waals surface area contributed by atoms with Crippen molar-refractivity contribution in [2.45, 2.75) is 13.1 Å². The van der Waals surface area contributed by atoms with E-state index in [0.29, 0.717) is 22.8 Å². The van der Waals surface area contributed by atoms with Gasteiger partial charge < -0.3 is 26.5 Å². The Morgan fingerprint density at radius 2 is 1.78 bits per heavy atom. The quantitative estimate of drug-likeness (QED) is 0.165. The van der Waals surface area contributed by atoms with Crippen molar-refractivity contribution >= 4 is 28.1 Å². The van der Waals surface area contributed by atoms with Crippen molar-refractivity contribution < 1.29 is 5.11 Å². The van der Waals surface area contributed by atoms with E-state index in [1.165, 1.54) is 11.1 Å². The molecule has 7 nitrogen and oxygen atoms in total. The topological polar surface area (TPSA) is 123 Å². The van der Waals surface area contributed by atoms with E-state index in [9.17, 15) is 5.11 Å². The zero-order valence-corrected chi connectivity index (χ0v) is 17.7. The molecule has 0 radical (unpaired) electrons. The minimum Gasteiger partial charge on any atom is -0.504 e. The maximum absolute atomic E-state index is 10.9. The van der Waals surface area contributed by atoms with Gasteiger partial charge in [0.2, 0.25) is 0 Å². The first-order valence-corrected chi connectivity index (χ1v) is 10.4. The molecule has 160 valence electrons. The largest absolute Gasteiger partial charge is 0.504 e. The molecule has 0 aliphatic carbocycles. The van der Waals surface area contributed by atoms with E-state index in [4.69, 9.17) is 11.1 Å². The number of H-pyrrole nitrogens is 1. The third kappa shape index (κ3) is 3.38. The number of anilines is 1. The van der Waals surface area contributed by atoms with E-state index >= 15 is 0 Å². The molecule has 7 N–H and O–H groups in total. The van der Waals surface area contributed by atoms with Gasteiger partial charge in [-0.25, -0.2) is 4.98 Å². The number of para-hydroxylation sites is 1. The summed E-state index contributed by atoms with van der Waals surface area (Å²) in [6.07, 6.45) is 0. The summed E-state index contributed by atoms with van der Waals surface area (Å²) >= 11 is 0. The normalized spacial score (nSPS) is 13.7. The predicted molar refractivity (Wildman–Crippen MR) is 128 cm³/mol. The molecule has 1 aliphatic heterocycles. The number of aliphatic hydroxyl groups excluding tert-OH is 1. The van der Waals surface area contributed by atoms with Crippen LogP contribution in [0, 0.1) is 5.41 Å². The van der Waals surface area contributed by atoms with Crippen molar-refractivity contribution in [3.8, 4) is 11.1 Å². The molecule has 0 atom stereocenters. The van der Waals surface area contributed by atoms with Crippen LogP contribution in [0.3, 0.4) is 0 Å². The number of aliphatic hydroxyl groups is 1. The van der Waals surface area contributed by atoms with Crippen LogP contribution in [0.15, 0.2) is 66.4 Å². The maximum Gasteiger partial charge on any atom is 0.168 e. The second kappa shape index (κ2) is 7.86. The molecular formula is C25H24N6O. The van der Waals surface area contributed by atoms with Gasteiger partial charge >= 0.3 is 0 Å². The van der Waals surface area contributed by atoms with Crippen LogP contribution in [-0.2, 0) is 13.1 Å². The third-order valence-electron chi connectivity index (χ3n) is 5.84. The summed E-state index contributed by atoms with van der Waals surface area (Å²) in [5, 5.41) is 25.8. The summed E-state index contributed by atoms with van der Waals surface area (Å²) in [6, 6.07) is 19.2. The first kappa shape index (κ1) is 19.8. The minimum absolute atomic E-state index is 0.00841. The molecular weight excluding hydrogens is 400 g/mol. The summed E-state index contributed by atoms with van der Waals surface area (Å²) in [4.78, 5) is 7.92. The van der Waals surface area contributed by atoms with Crippen molar-refractivity contribution in [3.05, 3.63) is 88.9 Å². The molecule has 1 aliphatic rings. The molecule has 32 heavy (non-hydrogen) atoms. The Kier molecular flexibility index (Phi) is 4.88. The average molecular weight is 425 g/mol. The van der Waals surface area contributed by atoms with Crippen molar-refractivity contribution in [1.82, 2.24) is 20.6 Å². The number of aromatic amines is 1. The standard InChI is InChI=1S/C25H24N6O/c1-28-23(25-30-20-10-16-12-29-13-17(16)11-21(20)31-25)24(32)22(27)15-8-6-14(7-9-15)18-4-2-3-5-19(18)26/h2-11,27-29,32H,12-13,26H2,1H3,(H,30,31)/b24-23+,27-22?. The fraction of sp³-hybridized carbons (Fsp3) is 0.120. The Labute approximate surface area is 185 Å². The number of imidazole rings is 1. The van der Waals surface area contributed by atoms with Crippen molar-refractivity contribution in [2.75, 3.05) is 12.8 Å². The average Bonchev–Trinajstić information content (AvgIpc) is 3.43. The van der Waals surface area contributed by atoms with E-state index in [1.807, 2.05) is 48.5 Å². The Morgan fingerprint density at radius 3 is 2.50 bits per heavy atom. The van der Waals surface area contributed by atoms with Gasteiger partial charge in [-0.2, -0.15) is 0 Å². The Morgan fingerprint density at radius 1 is 1.06 bits per heavy atom. The van der Waals surface area contributed by atoms with Crippen LogP contribution in [0.4, 0.5) is 5.69 Å². The van der Waals surface area contributed by atoms with E-state index in [0.717, 1.165) is 35.2 Å². The molecule has 2 heterocycles. The first-order chi connectivity index (χ1) is 15.5. The van der Waals surface area contributed by atoms with Gasteiger partial charge in [0.15, 0.2) is 11.6 Å². The molecule has 3 aromatic carbocycles. The van der Waals surface area contributed by atoms with E-state index in [-0.39, 0.29) is 11.5 Å². The fourth-order valence-electron chi connectivity index (χ4n) is 4.11. The number of nitrogens with zero attached hydrogens (tertiary/aromatic N) is 1. The van der Waals surface area contributed by atoms with Crippen LogP contribution >= 0.6 is 0 Å². The molecule has 1 aromatic heterocycles. The first-order valence-electron chi connectivity index (χ1n) is 10.4. The second-order valence-corrected chi connectivity index (χ2v) is 7.84. The highest BCUT2D eigenvalue weighted by molar-refractivity contribution is 6.12. The van der Waals surface area contributed by atoms with Crippen molar-refractivity contribution in [1.29, 1.82) is 5.41 Å². The van der Waals surface area contributed by atoms with Gasteiger partial charge in [-0.15, -0.1) is 0 Å². The SMILES string of the molecule is CN/C(=C(/O)C(=N)c1ccc(-c2ccccc2N)cc1)c1nc2cc3c(cc2[nH]1)CNC3. The van der Waals surface area contributed by atoms with Crippen LogP contribution < -0.4 is 16.4 Å². The lowest BCUT2D eigenvalue weighted by Gasteiger charge is -2.11. The number of nitrogens with one attached hydrogen (secondary N) is 4. The smallest absolute Gasteiger partial charge is 0.168 e. The molecule has 5 rings (SSSR count). The number of nitrogens with two attached hydrogens (primary N) is 1. The summed E-state index contributed by atoms with van der Waals surface area (Å²) in [7, 11) is 1.71. The van der Waals surface area contributed by atoms with Crippen LogP contribution in [0.1, 0.15) is 22.5 Å². The molecule has 0 saturated heterocycles. The number of rotatable bonds is 5. The molecule has 0 unspecified atom stereocenters. The van der Waals surface area contributed by atoms with Crippen LogP contribution in [0.2, 0.25) is 0 Å². The number of nitrogen functional groups attached to an aromatic ring is 1. The Hall–Kier alpha value is -4.10. The zero-order valence-electron chi connectivity index (χ0n) is 17.7. The highest BCUT2D eigenvalue weighted by atomic mass is 16.3. The number of aromatic nitrogens is 2. The van der Waals surface area contributed by atoms with Crippen LogP contribution in [-0.4, -0.2) is 27.8 Å². The van der Waals surface area contributed by atoms with Crippen LogP contribution in [0.5, 0.6) is 0 Å². The van der Waals surface area contributed by atoms with Gasteiger partial charge in [-0.1, -0.05) is 42.5 Å². The molecule has 0 amide bonds. The summed E-state index contributed by atoms with van der Waals surface area (Å²) in [6.45, 7) is 1.68. The predicted octanol–water partition coefficient (Wildman–Crippen LogP) is 3.93. The highest BCUT2D eigenvalue weighted by Crippen LogP contribution is 2.27. The third-order valence-corrected chi connectivity index (χ3v) is 5.84. The van der Waals surface area contributed by atoms with E-state index in [2.05, 4.69) is 32.7 Å². The van der Waals surface area contributed by atoms with Crippen LogP contribution in [0.25, 0.3) is 27.9 Å². The van der Waals surface area contributed by atoms with Crippen molar-refractivity contribution in [2.24, 2.45) is 0 Å². The number of benzene rings is 3. The molecule has 0 spiro atoms. The summed E-state index contributed by atoms with van der Waals surface area (Å²) in [5.74, 6) is 0.322. The minimum atomic E-state index is -0.173. The zero-order chi connectivity index (χ0) is 22.2. The second-order valence-electron chi connectivity index (χ2n) is 7.84. The van der Waals surface area contributed by atoms with E-state index in [1.54, 1.807) is 7.05 Å². The van der Waals surface area contributed by atoms with Gasteiger partial charge in [0.25, 0.3) is 0 Å². The van der Waals surface area contributed by atoms with E-state index < -0.39 is 0 Å². The lowest BCUT2D eigenvalue weighted by molar-refractivity contribution is 0.442. The maximum atomic E-state index is 10.9. The van der Waals surface area contributed by atoms with Gasteiger partial charge in [0, 0.05) is 37.0 Å². The number of hydrogen-bond acceptors (Lipinski definition) is 6. The lowest BCUT2D eigenvalue weighted by atomic mass is 10.00. The molecule has 4 aromatic rings. The van der Waals surface area contributed by atoms with Crippen molar-refractivity contribution in [3.63, 3.8) is 0 Å². The summed E-state index contributed by atoms with van der Waals surface area (Å²) in [5.41, 5.74) is 13.9. The highest BCUT2D eigenvalue weighted by Gasteiger charge is 2.19.